The molecule has 8 bridgehead atoms. The fraction of sp³-hybridized carbons (Fsp3) is 0.588. The number of aromatic nitrogens is 3. The van der Waals surface area contributed by atoms with E-state index in [2.05, 4.69) is 21.6 Å². The zero-order chi connectivity index (χ0) is 32.6. The van der Waals surface area contributed by atoms with Gasteiger partial charge < -0.3 is 4.90 Å². The summed E-state index contributed by atoms with van der Waals surface area (Å²) in [6.45, 7) is 8.93. The van der Waals surface area contributed by atoms with E-state index >= 15 is 13.2 Å². The molecule has 4 aliphatic rings. The molecule has 0 unspecified atom stereocenters. The third kappa shape index (κ3) is 6.65. The van der Waals surface area contributed by atoms with Crippen LogP contribution in [0.15, 0.2) is 35.4 Å². The Labute approximate surface area is 268 Å². The van der Waals surface area contributed by atoms with Crippen molar-refractivity contribution in [2.75, 3.05) is 31.1 Å². The van der Waals surface area contributed by atoms with E-state index in [-0.39, 0.29) is 34.5 Å². The molecule has 8 nitrogen and oxygen atoms in total. The molecule has 1 aromatic carbocycles. The van der Waals surface area contributed by atoms with Gasteiger partial charge in [0.05, 0.1) is 23.8 Å². The Morgan fingerprint density at radius 2 is 1.67 bits per heavy atom. The number of benzene rings is 1. The number of piperidine rings is 1. The minimum Gasteiger partial charge on any atom is -0.303 e. The predicted molar refractivity (Wildman–Crippen MR) is 172 cm³/mol. The van der Waals surface area contributed by atoms with Crippen LogP contribution in [-0.4, -0.2) is 70.3 Å². The molecule has 0 N–H and O–H groups in total. The van der Waals surface area contributed by atoms with E-state index in [0.717, 1.165) is 51.7 Å². The van der Waals surface area contributed by atoms with Crippen molar-refractivity contribution in [1.82, 2.24) is 19.4 Å². The molecule has 2 saturated heterocycles. The number of hydrogen-bond donors (Lipinski definition) is 0. The largest absolute Gasteiger partial charge is 0.335 e. The Morgan fingerprint density at radius 1 is 0.957 bits per heavy atom. The molecular formula is C34H43F3N5O3S+. The van der Waals surface area contributed by atoms with Gasteiger partial charge in [-0.05, 0) is 94.4 Å². The quantitative estimate of drug-likeness (QED) is 0.294. The summed E-state index contributed by atoms with van der Waals surface area (Å²) in [5, 5.41) is 0.531. The molecule has 3 aromatic rings. The lowest BCUT2D eigenvalue weighted by atomic mass is 9.88. The van der Waals surface area contributed by atoms with Crippen LogP contribution in [0.3, 0.4) is 0 Å². The van der Waals surface area contributed by atoms with E-state index in [1.165, 1.54) is 29.1 Å². The van der Waals surface area contributed by atoms with Crippen LogP contribution in [0.1, 0.15) is 93.4 Å². The molecule has 1 atom stereocenters. The van der Waals surface area contributed by atoms with Gasteiger partial charge in [-0.1, -0.05) is 24.6 Å². The Kier molecular flexibility index (Phi) is 9.40. The molecule has 0 amide bonds. The maximum absolute atomic E-state index is 16.0. The maximum Gasteiger partial charge on any atom is 0.335 e. The van der Waals surface area contributed by atoms with Crippen molar-refractivity contribution in [1.29, 1.82) is 0 Å². The van der Waals surface area contributed by atoms with Crippen molar-refractivity contribution in [3.8, 4) is 0 Å². The molecule has 0 radical (unpaired) electrons. The smallest absolute Gasteiger partial charge is 0.303 e. The molecular weight excluding hydrogens is 615 g/mol. The highest BCUT2D eigenvalue weighted by molar-refractivity contribution is 7.91. The summed E-state index contributed by atoms with van der Waals surface area (Å²) in [5.41, 5.74) is 0.200. The summed E-state index contributed by atoms with van der Waals surface area (Å²) < 4.78 is 74.7. The SMILES string of the molecule is C=[N+]1c2ncnc3c2cc(C2CCS(=O)(=O)CC2)c(=O)n3CCCCCN2CCC(CC2)CCC(F)(F)c2cccc(c2F)[C@H]1C. The second-order valence-corrected chi connectivity index (χ2v) is 15.7. The highest BCUT2D eigenvalue weighted by atomic mass is 32.2. The topological polar surface area (TPSA) is 88.2 Å². The predicted octanol–water partition coefficient (Wildman–Crippen LogP) is 6.10. The number of alkyl halides is 2. The first-order valence-corrected chi connectivity index (χ1v) is 18.3. The van der Waals surface area contributed by atoms with Gasteiger partial charge in [-0.25, -0.2) is 26.2 Å². The highest BCUT2D eigenvalue weighted by Crippen LogP contribution is 2.40. The summed E-state index contributed by atoms with van der Waals surface area (Å²) in [7, 11) is -3.14. The Morgan fingerprint density at radius 3 is 2.41 bits per heavy atom. The van der Waals surface area contributed by atoms with Gasteiger partial charge in [0.25, 0.3) is 11.5 Å². The lowest BCUT2D eigenvalue weighted by Gasteiger charge is -2.32. The van der Waals surface area contributed by atoms with E-state index in [1.807, 2.05) is 0 Å². The number of halogens is 3. The Hall–Kier alpha value is -3.12. The molecule has 4 aliphatic heterocycles. The van der Waals surface area contributed by atoms with Crippen LogP contribution in [0.25, 0.3) is 11.0 Å². The number of sulfone groups is 1. The van der Waals surface area contributed by atoms with Crippen molar-refractivity contribution in [2.45, 2.75) is 89.1 Å². The van der Waals surface area contributed by atoms with Gasteiger partial charge in [0, 0.05) is 24.1 Å². The maximum atomic E-state index is 16.0. The van der Waals surface area contributed by atoms with E-state index < -0.39 is 39.6 Å². The monoisotopic (exact) mass is 658 g/mol. The van der Waals surface area contributed by atoms with Crippen molar-refractivity contribution >= 4 is 33.4 Å². The van der Waals surface area contributed by atoms with E-state index in [9.17, 15) is 13.2 Å². The first-order valence-electron chi connectivity index (χ1n) is 16.5. The minimum absolute atomic E-state index is 0.0171. The van der Waals surface area contributed by atoms with Crippen LogP contribution in [0.4, 0.5) is 19.0 Å². The number of pyridine rings is 1. The summed E-state index contributed by atoms with van der Waals surface area (Å²) >= 11 is 0. The van der Waals surface area contributed by atoms with Crippen LogP contribution in [0.5, 0.6) is 0 Å². The number of hydrogen-bond acceptors (Lipinski definition) is 6. The molecule has 0 saturated carbocycles. The lowest BCUT2D eigenvalue weighted by molar-refractivity contribution is -0.481. The van der Waals surface area contributed by atoms with Gasteiger partial charge in [0.2, 0.25) is 6.33 Å². The zero-order valence-corrected chi connectivity index (χ0v) is 27.3. The normalized spacial score (nSPS) is 26.2. The molecule has 7 rings (SSSR count). The van der Waals surface area contributed by atoms with Crippen molar-refractivity contribution in [3.05, 3.63) is 63.5 Å². The van der Waals surface area contributed by atoms with Gasteiger partial charge in [0.15, 0.2) is 5.65 Å². The minimum atomic E-state index is -3.32. The summed E-state index contributed by atoms with van der Waals surface area (Å²) in [6.07, 6.45) is 6.29. The van der Waals surface area contributed by atoms with Crippen molar-refractivity contribution in [3.63, 3.8) is 0 Å². The Bertz CT molecular complexity index is 1770. The van der Waals surface area contributed by atoms with Crippen LogP contribution in [0, 0.1) is 11.7 Å². The van der Waals surface area contributed by atoms with Crippen LogP contribution in [0.2, 0.25) is 0 Å². The number of rotatable bonds is 1. The number of nitrogens with zero attached hydrogens (tertiary/aromatic N) is 5. The molecule has 0 spiro atoms. The highest BCUT2D eigenvalue weighted by Gasteiger charge is 2.38. The first-order chi connectivity index (χ1) is 21.9. The third-order valence-electron chi connectivity index (χ3n) is 10.4. The van der Waals surface area contributed by atoms with E-state index in [0.29, 0.717) is 48.2 Å². The molecule has 12 heteroatoms. The molecule has 248 valence electrons. The third-order valence-corrected chi connectivity index (χ3v) is 12.1. The van der Waals surface area contributed by atoms with Crippen LogP contribution >= 0.6 is 0 Å². The summed E-state index contributed by atoms with van der Waals surface area (Å²) in [6, 6.07) is 5.08. The first kappa shape index (κ1) is 32.8. The van der Waals surface area contributed by atoms with E-state index in [4.69, 9.17) is 0 Å². The van der Waals surface area contributed by atoms with Gasteiger partial charge in [-0.2, -0.15) is 4.98 Å². The Balaban J connectivity index is 1.44. The standard InChI is InChI=1S/C34H43F3N5O3S/c1-23-26-7-6-8-29(30(26)35)34(36,37)14-9-24-10-17-41(18-11-24)15-4-3-5-16-42-32-28(31(40(23)2)38-22-39-32)21-27(33(42)43)25-12-19-46(44,45)20-13-25/h6-8,21-25H,2-5,9-20H2,1H3/q+1/t23-/m1/s1. The van der Waals surface area contributed by atoms with Gasteiger partial charge in [-0.3, -0.25) is 9.36 Å². The zero-order valence-electron chi connectivity index (χ0n) is 26.4. The average Bonchev–Trinajstić information content (AvgIpc) is 3.04. The fourth-order valence-electron chi connectivity index (χ4n) is 7.43. The van der Waals surface area contributed by atoms with Gasteiger partial charge >= 0.3 is 5.82 Å². The second kappa shape index (κ2) is 13.2. The number of fused-ring (bicyclic) bond motifs is 9. The van der Waals surface area contributed by atoms with Gasteiger partial charge in [0.1, 0.15) is 27.1 Å². The van der Waals surface area contributed by atoms with Crippen LogP contribution in [-0.2, 0) is 22.3 Å². The molecule has 46 heavy (non-hydrogen) atoms. The fourth-order valence-corrected chi connectivity index (χ4v) is 8.92. The molecule has 0 aliphatic carbocycles. The lowest BCUT2D eigenvalue weighted by Crippen LogP contribution is -2.35. The van der Waals surface area contributed by atoms with Crippen LogP contribution < -0.4 is 5.56 Å². The molecule has 2 aromatic heterocycles. The molecule has 2 fully saturated rings. The van der Waals surface area contributed by atoms with E-state index in [1.54, 1.807) is 17.6 Å². The summed E-state index contributed by atoms with van der Waals surface area (Å²) in [4.78, 5) is 25.4. The second-order valence-electron chi connectivity index (χ2n) is 13.4. The van der Waals surface area contributed by atoms with Gasteiger partial charge in [-0.15, -0.1) is 0 Å². The molecule has 6 heterocycles. The van der Waals surface area contributed by atoms with Crippen molar-refractivity contribution in [2.24, 2.45) is 5.92 Å². The number of aryl methyl sites for hydroxylation is 1. The summed E-state index contributed by atoms with van der Waals surface area (Å²) in [5.74, 6) is -3.96. The van der Waals surface area contributed by atoms with Crippen molar-refractivity contribution < 1.29 is 26.2 Å². The average molecular weight is 659 g/mol.